The van der Waals surface area contributed by atoms with Gasteiger partial charge in [-0.2, -0.15) is 0 Å². The monoisotopic (exact) mass is 413 g/mol. The lowest BCUT2D eigenvalue weighted by molar-refractivity contribution is -0.136. The Labute approximate surface area is 181 Å². The van der Waals surface area contributed by atoms with Crippen molar-refractivity contribution in [1.29, 1.82) is 0 Å². The van der Waals surface area contributed by atoms with Crippen molar-refractivity contribution >= 4 is 11.9 Å². The molecule has 0 spiro atoms. The highest BCUT2D eigenvalue weighted by Crippen LogP contribution is 2.64. The average molecular weight is 414 g/mol. The van der Waals surface area contributed by atoms with Gasteiger partial charge in [-0.1, -0.05) is 40.7 Å². The van der Waals surface area contributed by atoms with E-state index in [-0.39, 0.29) is 28.1 Å². The molecule has 0 aliphatic heterocycles. The van der Waals surface area contributed by atoms with E-state index in [0.29, 0.717) is 23.8 Å². The molecule has 1 amide bonds. The van der Waals surface area contributed by atoms with Crippen molar-refractivity contribution in [2.45, 2.75) is 85.6 Å². The van der Waals surface area contributed by atoms with Crippen LogP contribution in [0.5, 0.6) is 0 Å². The maximum Gasteiger partial charge on any atom is 0.333 e. The van der Waals surface area contributed by atoms with Gasteiger partial charge < -0.3 is 10.1 Å². The minimum atomic E-state index is -0.340. The van der Waals surface area contributed by atoms with Gasteiger partial charge in [-0.15, -0.1) is 0 Å². The van der Waals surface area contributed by atoms with Crippen LogP contribution in [0.25, 0.3) is 0 Å². The number of rotatable bonds is 2. The van der Waals surface area contributed by atoms with Crippen LogP contribution in [0.15, 0.2) is 23.3 Å². The Bertz CT molecular complexity index is 804. The molecule has 4 aliphatic rings. The van der Waals surface area contributed by atoms with Crippen LogP contribution in [0, 0.1) is 34.0 Å². The molecule has 0 radical (unpaired) electrons. The van der Waals surface area contributed by atoms with Crippen molar-refractivity contribution in [3.8, 4) is 0 Å². The number of allylic oxidation sites excluding steroid dienone is 3. The molecule has 4 rings (SSSR count). The van der Waals surface area contributed by atoms with E-state index in [9.17, 15) is 9.59 Å². The summed E-state index contributed by atoms with van der Waals surface area (Å²) in [5.74, 6) is 2.03. The van der Waals surface area contributed by atoms with Crippen LogP contribution >= 0.6 is 0 Å². The van der Waals surface area contributed by atoms with Crippen LogP contribution in [0.2, 0.25) is 0 Å². The molecule has 0 aromatic carbocycles. The second-order valence-corrected chi connectivity index (χ2v) is 11.7. The molecule has 1 N–H and O–H groups in total. The van der Waals surface area contributed by atoms with Gasteiger partial charge in [-0.05, 0) is 85.2 Å². The number of methoxy groups -OCH3 is 1. The zero-order chi connectivity index (χ0) is 21.9. The van der Waals surface area contributed by atoms with E-state index in [1.807, 2.05) is 20.8 Å². The molecule has 0 heterocycles. The van der Waals surface area contributed by atoms with Gasteiger partial charge in [0, 0.05) is 17.0 Å². The molecule has 0 aromatic rings. The molecule has 166 valence electrons. The SMILES string of the molecule is COC(=O)C1=CC2=CC[C@@H]3[C@@H](CC[C@]4(C)C(NC(=O)C(C)(C)C)CC[C@@H]34)[C@@]2(C)CC1. The second-order valence-electron chi connectivity index (χ2n) is 11.7. The lowest BCUT2D eigenvalue weighted by Gasteiger charge is -2.57. The minimum Gasteiger partial charge on any atom is -0.466 e. The van der Waals surface area contributed by atoms with Gasteiger partial charge in [0.1, 0.15) is 0 Å². The van der Waals surface area contributed by atoms with Crippen LogP contribution in [0.4, 0.5) is 0 Å². The molecular formula is C26H39NO3. The number of carbonyl (C=O) groups excluding carboxylic acids is 2. The minimum absolute atomic E-state index is 0.161. The van der Waals surface area contributed by atoms with Crippen molar-refractivity contribution in [2.75, 3.05) is 7.11 Å². The molecular weight excluding hydrogens is 374 g/mol. The molecule has 4 heteroatoms. The van der Waals surface area contributed by atoms with Crippen molar-refractivity contribution in [3.63, 3.8) is 0 Å². The van der Waals surface area contributed by atoms with E-state index in [1.165, 1.54) is 31.9 Å². The number of nitrogens with one attached hydrogen (secondary N) is 1. The van der Waals surface area contributed by atoms with Crippen molar-refractivity contribution in [3.05, 3.63) is 23.3 Å². The quantitative estimate of drug-likeness (QED) is 0.634. The molecule has 2 saturated carbocycles. The number of fused-ring (bicyclic) bond motifs is 5. The molecule has 0 bridgehead atoms. The first kappa shape index (κ1) is 21.6. The molecule has 4 nitrogen and oxygen atoms in total. The second kappa shape index (κ2) is 7.24. The topological polar surface area (TPSA) is 55.4 Å². The Balaban J connectivity index is 1.58. The van der Waals surface area contributed by atoms with Crippen LogP contribution in [-0.4, -0.2) is 25.0 Å². The zero-order valence-corrected chi connectivity index (χ0v) is 19.6. The van der Waals surface area contributed by atoms with E-state index < -0.39 is 0 Å². The summed E-state index contributed by atoms with van der Waals surface area (Å²) in [6.07, 6.45) is 12.2. The van der Waals surface area contributed by atoms with Gasteiger partial charge in [0.05, 0.1) is 7.11 Å². The predicted octanol–water partition coefficient (Wildman–Crippen LogP) is 5.19. The summed E-state index contributed by atoms with van der Waals surface area (Å²) in [5, 5.41) is 3.43. The van der Waals surface area contributed by atoms with Gasteiger partial charge >= 0.3 is 5.97 Å². The Hall–Kier alpha value is -1.58. The summed E-state index contributed by atoms with van der Waals surface area (Å²) in [5.41, 5.74) is 2.20. The Morgan fingerprint density at radius 3 is 2.50 bits per heavy atom. The van der Waals surface area contributed by atoms with Gasteiger partial charge in [-0.25, -0.2) is 4.79 Å². The number of amides is 1. The highest BCUT2D eigenvalue weighted by molar-refractivity contribution is 5.89. The summed E-state index contributed by atoms with van der Waals surface area (Å²) in [6.45, 7) is 10.9. The Morgan fingerprint density at radius 1 is 1.10 bits per heavy atom. The third kappa shape index (κ3) is 3.26. The van der Waals surface area contributed by atoms with E-state index in [4.69, 9.17) is 4.74 Å². The van der Waals surface area contributed by atoms with Crippen LogP contribution in [0.1, 0.15) is 79.6 Å². The molecule has 6 atom stereocenters. The van der Waals surface area contributed by atoms with Gasteiger partial charge in [0.15, 0.2) is 0 Å². The van der Waals surface area contributed by atoms with Crippen LogP contribution in [0.3, 0.4) is 0 Å². The van der Waals surface area contributed by atoms with Gasteiger partial charge in [0.25, 0.3) is 0 Å². The molecule has 0 saturated heterocycles. The zero-order valence-electron chi connectivity index (χ0n) is 19.6. The standard InChI is InChI=1S/C26H39NO3/c1-24(2,3)23(29)27-21-10-9-19-18-8-7-17-15-16(22(28)30-6)11-13-25(17,4)20(18)12-14-26(19,21)5/h7,15,18-21H,8-14H2,1-6H3,(H,27,29)/t18-,19-,20+,21?,25-,26-/m0/s1. The fraction of sp³-hybridized carbons (Fsp3) is 0.769. The highest BCUT2D eigenvalue weighted by atomic mass is 16.5. The Morgan fingerprint density at radius 2 is 1.83 bits per heavy atom. The van der Waals surface area contributed by atoms with Crippen molar-refractivity contribution in [2.24, 2.45) is 34.0 Å². The van der Waals surface area contributed by atoms with Crippen LogP contribution < -0.4 is 5.32 Å². The predicted molar refractivity (Wildman–Crippen MR) is 119 cm³/mol. The molecule has 30 heavy (non-hydrogen) atoms. The summed E-state index contributed by atoms with van der Waals surface area (Å²) in [6, 6.07) is 0.297. The molecule has 0 aromatic heterocycles. The van der Waals surface area contributed by atoms with Crippen LogP contribution in [-0.2, 0) is 14.3 Å². The fourth-order valence-corrected chi connectivity index (χ4v) is 7.23. The summed E-state index contributed by atoms with van der Waals surface area (Å²) < 4.78 is 4.98. The number of hydrogen-bond acceptors (Lipinski definition) is 3. The molecule has 4 aliphatic carbocycles. The number of carbonyl (C=O) groups is 2. The molecule has 2 fully saturated rings. The van der Waals surface area contributed by atoms with E-state index >= 15 is 0 Å². The maximum atomic E-state index is 12.7. The van der Waals surface area contributed by atoms with Crippen molar-refractivity contribution < 1.29 is 14.3 Å². The van der Waals surface area contributed by atoms with E-state index in [1.54, 1.807) is 0 Å². The third-order valence-electron chi connectivity index (χ3n) is 9.20. The third-order valence-corrected chi connectivity index (χ3v) is 9.20. The first-order valence-corrected chi connectivity index (χ1v) is 11.8. The first-order valence-electron chi connectivity index (χ1n) is 11.8. The molecule has 1 unspecified atom stereocenters. The van der Waals surface area contributed by atoms with Gasteiger partial charge in [-0.3, -0.25) is 4.79 Å². The summed E-state index contributed by atoms with van der Waals surface area (Å²) >= 11 is 0. The van der Waals surface area contributed by atoms with E-state index in [0.717, 1.165) is 31.3 Å². The number of ether oxygens (including phenoxy) is 1. The Kier molecular flexibility index (Phi) is 5.22. The van der Waals surface area contributed by atoms with E-state index in [2.05, 4.69) is 31.3 Å². The average Bonchev–Trinajstić information content (AvgIpc) is 3.02. The number of esters is 1. The first-order chi connectivity index (χ1) is 14.0. The summed E-state index contributed by atoms with van der Waals surface area (Å²) in [4.78, 5) is 24.8. The van der Waals surface area contributed by atoms with Gasteiger partial charge in [0.2, 0.25) is 5.91 Å². The normalized spacial score (nSPS) is 40.3. The number of hydrogen-bond donors (Lipinski definition) is 1. The van der Waals surface area contributed by atoms with Crippen molar-refractivity contribution in [1.82, 2.24) is 5.32 Å². The largest absolute Gasteiger partial charge is 0.466 e. The lowest BCUT2D eigenvalue weighted by atomic mass is 9.48. The summed E-state index contributed by atoms with van der Waals surface area (Å²) in [7, 11) is 1.47. The maximum absolute atomic E-state index is 12.7. The smallest absolute Gasteiger partial charge is 0.333 e. The highest BCUT2D eigenvalue weighted by Gasteiger charge is 2.58. The fourth-order valence-electron chi connectivity index (χ4n) is 7.23. The lowest BCUT2D eigenvalue weighted by Crippen LogP contribution is -2.54.